The first-order valence-corrected chi connectivity index (χ1v) is 9.90. The van der Waals surface area contributed by atoms with Crippen LogP contribution in [0.25, 0.3) is 0 Å². The van der Waals surface area contributed by atoms with Crippen molar-refractivity contribution in [2.24, 2.45) is 0 Å². The fourth-order valence-electron chi connectivity index (χ4n) is 3.01. The molecule has 1 aromatic heterocycles. The number of benzene rings is 1. The van der Waals surface area contributed by atoms with Gasteiger partial charge in [-0.2, -0.15) is 4.31 Å². The molecule has 1 N–H and O–H groups in total. The molecular weight excluding hydrogens is 338 g/mol. The topological polar surface area (TPSA) is 79.4 Å². The molecule has 0 bridgehead atoms. The molecule has 0 aliphatic carbocycles. The van der Waals surface area contributed by atoms with Crippen LogP contribution >= 0.6 is 0 Å². The number of carbonyl (C=O) groups is 1. The normalized spacial score (nSPS) is 14.8. The van der Waals surface area contributed by atoms with Gasteiger partial charge < -0.3 is 5.32 Å². The van der Waals surface area contributed by atoms with Crippen LogP contribution < -0.4 is 5.32 Å². The molecule has 25 heavy (non-hydrogen) atoms. The number of rotatable bonds is 3. The van der Waals surface area contributed by atoms with E-state index in [2.05, 4.69) is 10.3 Å². The summed E-state index contributed by atoms with van der Waals surface area (Å²) in [7, 11) is -3.26. The van der Waals surface area contributed by atoms with E-state index in [1.54, 1.807) is 12.4 Å². The molecule has 2 aromatic rings. The highest BCUT2D eigenvalue weighted by Crippen LogP contribution is 2.24. The Morgan fingerprint density at radius 2 is 2.00 bits per heavy atom. The number of aryl methyl sites for hydroxylation is 2. The molecule has 0 fully saturated rings. The van der Waals surface area contributed by atoms with Crippen LogP contribution in [0, 0.1) is 13.8 Å². The maximum absolute atomic E-state index is 12.7. The molecule has 0 radical (unpaired) electrons. The van der Waals surface area contributed by atoms with Crippen molar-refractivity contribution in [3.05, 3.63) is 58.4 Å². The summed E-state index contributed by atoms with van der Waals surface area (Å²) in [5, 5.41) is 2.95. The predicted molar refractivity (Wildman–Crippen MR) is 97.1 cm³/mol. The van der Waals surface area contributed by atoms with Crippen molar-refractivity contribution in [1.82, 2.24) is 9.29 Å². The first-order valence-electron chi connectivity index (χ1n) is 8.05. The van der Waals surface area contributed by atoms with Crippen LogP contribution in [0.4, 0.5) is 5.69 Å². The average molecular weight is 359 g/mol. The first kappa shape index (κ1) is 17.6. The predicted octanol–water partition coefficient (Wildman–Crippen LogP) is 2.27. The van der Waals surface area contributed by atoms with Crippen molar-refractivity contribution >= 4 is 21.6 Å². The lowest BCUT2D eigenvalue weighted by Gasteiger charge is -2.27. The van der Waals surface area contributed by atoms with Gasteiger partial charge in [-0.25, -0.2) is 8.42 Å². The Kier molecular flexibility index (Phi) is 4.62. The zero-order valence-corrected chi connectivity index (χ0v) is 15.4. The van der Waals surface area contributed by atoms with E-state index >= 15 is 0 Å². The lowest BCUT2D eigenvalue weighted by Crippen LogP contribution is -2.36. The number of sulfonamides is 1. The van der Waals surface area contributed by atoms with Crippen LogP contribution in [0.3, 0.4) is 0 Å². The van der Waals surface area contributed by atoms with Crippen molar-refractivity contribution in [3.63, 3.8) is 0 Å². The Morgan fingerprint density at radius 1 is 1.24 bits per heavy atom. The highest BCUT2D eigenvalue weighted by atomic mass is 32.2. The zero-order chi connectivity index (χ0) is 18.2. The molecule has 3 rings (SSSR count). The highest BCUT2D eigenvalue weighted by molar-refractivity contribution is 7.88. The summed E-state index contributed by atoms with van der Waals surface area (Å²) in [6, 6.07) is 5.89. The number of fused-ring (bicyclic) bond motifs is 1. The van der Waals surface area contributed by atoms with Crippen LogP contribution in [0.15, 0.2) is 30.6 Å². The molecule has 1 aliphatic heterocycles. The van der Waals surface area contributed by atoms with E-state index in [0.29, 0.717) is 18.5 Å². The zero-order valence-electron chi connectivity index (χ0n) is 14.5. The fraction of sp³-hybridized carbons (Fsp3) is 0.333. The number of amides is 1. The third-order valence-corrected chi connectivity index (χ3v) is 5.71. The number of hydrogen-bond donors (Lipinski definition) is 1. The Morgan fingerprint density at radius 3 is 2.72 bits per heavy atom. The second kappa shape index (κ2) is 6.57. The van der Waals surface area contributed by atoms with Gasteiger partial charge in [0.25, 0.3) is 5.91 Å². The summed E-state index contributed by atoms with van der Waals surface area (Å²) in [5.74, 6) is -0.217. The highest BCUT2D eigenvalue weighted by Gasteiger charge is 2.26. The van der Waals surface area contributed by atoms with Crippen molar-refractivity contribution in [2.75, 3.05) is 18.1 Å². The first-order chi connectivity index (χ1) is 11.8. The second-order valence-corrected chi connectivity index (χ2v) is 8.43. The molecule has 0 unspecified atom stereocenters. The summed E-state index contributed by atoms with van der Waals surface area (Å²) in [5.41, 5.74) is 4.99. The largest absolute Gasteiger partial charge is 0.322 e. The van der Waals surface area contributed by atoms with Crippen LogP contribution in [0.1, 0.15) is 32.6 Å². The number of anilines is 1. The SMILES string of the molecule is Cc1ccc(C)c(NC(=O)c2cncc3c2CCN(S(C)(=O)=O)C3)c1. The number of nitrogens with one attached hydrogen (secondary N) is 1. The Balaban J connectivity index is 1.89. The lowest BCUT2D eigenvalue weighted by molar-refractivity contribution is 0.102. The van der Waals surface area contributed by atoms with Crippen molar-refractivity contribution in [2.45, 2.75) is 26.8 Å². The Hall–Kier alpha value is -2.25. The summed E-state index contributed by atoms with van der Waals surface area (Å²) in [4.78, 5) is 16.9. The Bertz CT molecular complexity index is 939. The van der Waals surface area contributed by atoms with Gasteiger partial charge in [0.2, 0.25) is 10.0 Å². The fourth-order valence-corrected chi connectivity index (χ4v) is 3.80. The molecule has 1 amide bonds. The molecule has 2 heterocycles. The van der Waals surface area contributed by atoms with Crippen LogP contribution in [0.5, 0.6) is 0 Å². The number of nitrogens with zero attached hydrogens (tertiary/aromatic N) is 2. The molecule has 0 atom stereocenters. The van der Waals surface area contributed by atoms with Crippen molar-refractivity contribution in [1.29, 1.82) is 0 Å². The number of pyridine rings is 1. The van der Waals surface area contributed by atoms with Crippen LogP contribution in [-0.2, 0) is 23.0 Å². The van der Waals surface area contributed by atoms with E-state index in [-0.39, 0.29) is 12.5 Å². The third kappa shape index (κ3) is 3.72. The van der Waals surface area contributed by atoms with Gasteiger partial charge in [0.05, 0.1) is 11.8 Å². The lowest BCUT2D eigenvalue weighted by atomic mass is 9.97. The number of carbonyl (C=O) groups excluding carboxylic acids is 1. The molecule has 1 aromatic carbocycles. The van der Waals surface area contributed by atoms with Crippen molar-refractivity contribution in [3.8, 4) is 0 Å². The Labute approximate surface area is 147 Å². The molecule has 7 heteroatoms. The average Bonchev–Trinajstić information content (AvgIpc) is 2.56. The van der Waals surface area contributed by atoms with Crippen LogP contribution in [0.2, 0.25) is 0 Å². The van der Waals surface area contributed by atoms with Gasteiger partial charge in [0.1, 0.15) is 0 Å². The van der Waals surface area contributed by atoms with E-state index in [1.807, 2.05) is 32.0 Å². The quantitative estimate of drug-likeness (QED) is 0.912. The molecule has 132 valence electrons. The van der Waals surface area contributed by atoms with Gasteiger partial charge in [-0.3, -0.25) is 9.78 Å². The van der Waals surface area contributed by atoms with E-state index in [4.69, 9.17) is 0 Å². The minimum atomic E-state index is -3.26. The molecule has 0 saturated heterocycles. The van der Waals surface area contributed by atoms with Gasteiger partial charge in [0.15, 0.2) is 0 Å². The molecule has 0 saturated carbocycles. The monoisotopic (exact) mass is 359 g/mol. The standard InChI is InChI=1S/C18H21N3O3S/c1-12-4-5-13(2)17(8-12)20-18(22)16-10-19-9-14-11-21(25(3,23)24)7-6-15(14)16/h4-5,8-10H,6-7,11H2,1-3H3,(H,20,22). The van der Waals surface area contributed by atoms with Crippen molar-refractivity contribution < 1.29 is 13.2 Å². The molecule has 0 spiro atoms. The van der Waals surface area contributed by atoms with E-state index < -0.39 is 10.0 Å². The second-order valence-electron chi connectivity index (χ2n) is 6.44. The van der Waals surface area contributed by atoms with E-state index in [9.17, 15) is 13.2 Å². The number of aromatic nitrogens is 1. The molecular formula is C18H21N3O3S. The minimum Gasteiger partial charge on any atom is -0.322 e. The van der Waals surface area contributed by atoms with Gasteiger partial charge in [0, 0.05) is 31.2 Å². The summed E-state index contributed by atoms with van der Waals surface area (Å²) >= 11 is 0. The van der Waals surface area contributed by atoms with Gasteiger partial charge in [-0.15, -0.1) is 0 Å². The van der Waals surface area contributed by atoms with E-state index in [1.165, 1.54) is 10.6 Å². The van der Waals surface area contributed by atoms with Gasteiger partial charge in [-0.1, -0.05) is 12.1 Å². The van der Waals surface area contributed by atoms with Gasteiger partial charge in [-0.05, 0) is 48.6 Å². The van der Waals surface area contributed by atoms with E-state index in [0.717, 1.165) is 27.9 Å². The third-order valence-electron chi connectivity index (χ3n) is 4.46. The summed E-state index contributed by atoms with van der Waals surface area (Å²) in [6.07, 6.45) is 4.89. The summed E-state index contributed by atoms with van der Waals surface area (Å²) < 4.78 is 24.9. The van der Waals surface area contributed by atoms with Crippen LogP contribution in [-0.4, -0.2) is 36.4 Å². The molecule has 6 nitrogen and oxygen atoms in total. The minimum absolute atomic E-state index is 0.217. The maximum Gasteiger partial charge on any atom is 0.257 e. The molecule has 1 aliphatic rings. The number of hydrogen-bond acceptors (Lipinski definition) is 4. The smallest absolute Gasteiger partial charge is 0.257 e. The summed E-state index contributed by atoms with van der Waals surface area (Å²) in [6.45, 7) is 4.55. The van der Waals surface area contributed by atoms with Gasteiger partial charge >= 0.3 is 0 Å². The maximum atomic E-state index is 12.7.